The van der Waals surface area contributed by atoms with E-state index < -0.39 is 15.1 Å². The van der Waals surface area contributed by atoms with Gasteiger partial charge in [-0.2, -0.15) is 4.98 Å². The minimum absolute atomic E-state index is 0.0433. The van der Waals surface area contributed by atoms with Crippen LogP contribution in [-0.2, 0) is 21.2 Å². The number of rotatable bonds is 9. The van der Waals surface area contributed by atoms with Crippen molar-refractivity contribution in [1.29, 1.82) is 0 Å². The molecule has 3 aliphatic heterocycles. The second-order valence-corrected chi connectivity index (χ2v) is 14.3. The van der Waals surface area contributed by atoms with Gasteiger partial charge < -0.3 is 30.5 Å². The maximum Gasteiger partial charge on any atom is 0.254 e. The van der Waals surface area contributed by atoms with Crippen molar-refractivity contribution >= 4 is 56.4 Å². The van der Waals surface area contributed by atoms with Crippen LogP contribution in [0.2, 0.25) is 5.02 Å². The smallest absolute Gasteiger partial charge is 0.254 e. The van der Waals surface area contributed by atoms with E-state index in [2.05, 4.69) is 25.9 Å². The fourth-order valence-electron chi connectivity index (χ4n) is 5.71. The predicted octanol–water partition coefficient (Wildman–Crippen LogP) is 3.73. The number of likely N-dealkylation sites (tertiary alicyclic amines) is 1. The van der Waals surface area contributed by atoms with Crippen molar-refractivity contribution in [3.8, 4) is 5.75 Å². The van der Waals surface area contributed by atoms with Crippen molar-refractivity contribution in [3.63, 3.8) is 0 Å². The molecule has 232 valence electrons. The van der Waals surface area contributed by atoms with E-state index in [0.717, 1.165) is 24.9 Å². The number of nitrogens with one attached hydrogen (secondary N) is 3. The van der Waals surface area contributed by atoms with Gasteiger partial charge in [0.25, 0.3) is 5.91 Å². The molecule has 0 spiro atoms. The molecule has 0 saturated carbocycles. The van der Waals surface area contributed by atoms with E-state index in [0.29, 0.717) is 42.3 Å². The molecule has 3 aliphatic rings. The Morgan fingerprint density at radius 3 is 2.64 bits per heavy atom. The number of halogens is 1. The van der Waals surface area contributed by atoms with Crippen molar-refractivity contribution in [3.05, 3.63) is 58.7 Å². The largest absolute Gasteiger partial charge is 0.495 e. The molecule has 14 heteroatoms. The van der Waals surface area contributed by atoms with Crippen LogP contribution in [-0.4, -0.2) is 84.1 Å². The highest BCUT2D eigenvalue weighted by molar-refractivity contribution is 7.92. The fourth-order valence-corrected chi connectivity index (χ4v) is 7.05. The van der Waals surface area contributed by atoms with Gasteiger partial charge in [-0.05, 0) is 63.1 Å². The number of para-hydroxylation sites is 1. The summed E-state index contributed by atoms with van der Waals surface area (Å²) in [4.78, 5) is 38.7. The number of methoxy groups -OCH3 is 1. The number of benzene rings is 2. The number of carbonyl (C=O) groups is 2. The maximum absolute atomic E-state index is 13.5. The number of hydrogen-bond donors (Lipinski definition) is 3. The van der Waals surface area contributed by atoms with Crippen molar-refractivity contribution in [2.24, 2.45) is 0 Å². The van der Waals surface area contributed by atoms with Crippen LogP contribution < -0.4 is 20.7 Å². The van der Waals surface area contributed by atoms with Crippen LogP contribution >= 0.6 is 11.6 Å². The van der Waals surface area contributed by atoms with Gasteiger partial charge in [0.15, 0.2) is 15.7 Å². The Hall–Kier alpha value is -3.94. The number of carbonyl (C=O) groups excluding carboxylic acids is 2. The van der Waals surface area contributed by atoms with Crippen LogP contribution in [0.1, 0.15) is 42.6 Å². The van der Waals surface area contributed by atoms with Gasteiger partial charge in [0, 0.05) is 25.2 Å². The van der Waals surface area contributed by atoms with Crippen molar-refractivity contribution in [2.75, 3.05) is 37.4 Å². The zero-order valence-electron chi connectivity index (χ0n) is 24.6. The molecular formula is C30H34ClN7O5S. The summed E-state index contributed by atoms with van der Waals surface area (Å²) < 4.78 is 31.5. The monoisotopic (exact) mass is 639 g/mol. The third-order valence-electron chi connectivity index (χ3n) is 8.29. The molecule has 1 unspecified atom stereocenters. The molecule has 2 fully saturated rings. The topological polar surface area (TPSA) is 146 Å². The number of aromatic nitrogens is 2. The molecule has 1 aromatic heterocycles. The normalized spacial score (nSPS) is 18.4. The minimum atomic E-state index is -3.58. The molecule has 0 aliphatic carbocycles. The fraction of sp³-hybridized carbons (Fsp3) is 0.400. The van der Waals surface area contributed by atoms with Crippen molar-refractivity contribution in [1.82, 2.24) is 25.1 Å². The van der Waals surface area contributed by atoms with Gasteiger partial charge in [0.2, 0.25) is 11.9 Å². The van der Waals surface area contributed by atoms with Gasteiger partial charge in [-0.3, -0.25) is 9.59 Å². The molecule has 1 atom stereocenters. The Morgan fingerprint density at radius 2 is 1.93 bits per heavy atom. The number of hydrogen-bond acceptors (Lipinski definition) is 10. The zero-order valence-corrected chi connectivity index (χ0v) is 26.2. The summed E-state index contributed by atoms with van der Waals surface area (Å²) in [6.45, 7) is 5.58. The van der Waals surface area contributed by atoms with Crippen LogP contribution in [0.15, 0.2) is 47.5 Å². The number of anilines is 4. The predicted molar refractivity (Wildman–Crippen MR) is 167 cm³/mol. The van der Waals surface area contributed by atoms with Gasteiger partial charge in [0.05, 0.1) is 46.9 Å². The molecule has 4 heterocycles. The Balaban J connectivity index is 1.19. The summed E-state index contributed by atoms with van der Waals surface area (Å²) in [7, 11) is -2.04. The van der Waals surface area contributed by atoms with Crippen LogP contribution in [0.3, 0.4) is 0 Å². The highest BCUT2D eigenvalue weighted by Crippen LogP contribution is 2.37. The quantitative estimate of drug-likeness (QED) is 0.317. The van der Waals surface area contributed by atoms with E-state index in [1.54, 1.807) is 38.1 Å². The summed E-state index contributed by atoms with van der Waals surface area (Å²) in [5.74, 6) is 0.866. The Kier molecular flexibility index (Phi) is 8.12. The number of sulfone groups is 1. The lowest BCUT2D eigenvalue weighted by molar-refractivity contribution is -0.139. The second kappa shape index (κ2) is 11.9. The van der Waals surface area contributed by atoms with Crippen molar-refractivity contribution in [2.45, 2.75) is 55.5 Å². The maximum atomic E-state index is 13.5. The van der Waals surface area contributed by atoms with E-state index >= 15 is 0 Å². The molecule has 2 amide bonds. The van der Waals surface area contributed by atoms with Crippen LogP contribution in [0.25, 0.3) is 0 Å². The molecule has 3 N–H and O–H groups in total. The van der Waals surface area contributed by atoms with Gasteiger partial charge in [-0.25, -0.2) is 13.4 Å². The first-order chi connectivity index (χ1) is 21.1. The summed E-state index contributed by atoms with van der Waals surface area (Å²) >= 11 is 6.40. The summed E-state index contributed by atoms with van der Waals surface area (Å²) in [6.07, 6.45) is 3.25. The molecule has 3 aromatic rings. The van der Waals surface area contributed by atoms with Gasteiger partial charge in [-0.15, -0.1) is 0 Å². The van der Waals surface area contributed by atoms with Crippen LogP contribution in [0.5, 0.6) is 5.75 Å². The number of ether oxygens (including phenoxy) is 1. The van der Waals surface area contributed by atoms with Crippen molar-refractivity contribution < 1.29 is 22.7 Å². The molecule has 2 saturated heterocycles. The minimum Gasteiger partial charge on any atom is -0.495 e. The van der Waals surface area contributed by atoms with E-state index in [1.807, 2.05) is 15.9 Å². The number of amides is 2. The van der Waals surface area contributed by atoms with Gasteiger partial charge >= 0.3 is 0 Å². The van der Waals surface area contributed by atoms with Crippen LogP contribution in [0.4, 0.5) is 23.1 Å². The van der Waals surface area contributed by atoms with E-state index in [9.17, 15) is 18.0 Å². The standard InChI is InChI=1S/C30H34ClN7O5S/c1-17(2)44(41,42)26-9-5-4-7-22(26)34-27-21(31)13-33-30(36-27)35-24-12-20-18(11-25(24)43-3)14-38(28(20)39)19-15-37(16-19)29(40)23-8-6-10-32-23/h4-5,7,9,11-13,17,19,23,32H,6,8,10,14-16H2,1-3H3,(H2,33,34,35,36). The number of nitrogens with zero attached hydrogens (tertiary/aromatic N) is 4. The Morgan fingerprint density at radius 1 is 1.16 bits per heavy atom. The first kappa shape index (κ1) is 30.1. The average Bonchev–Trinajstić information content (AvgIpc) is 3.63. The third kappa shape index (κ3) is 5.55. The molecule has 2 aromatic carbocycles. The molecule has 6 rings (SSSR count). The lowest BCUT2D eigenvalue weighted by Gasteiger charge is -2.44. The van der Waals surface area contributed by atoms with Gasteiger partial charge in [-0.1, -0.05) is 23.7 Å². The summed E-state index contributed by atoms with van der Waals surface area (Å²) in [6, 6.07) is 9.94. The second-order valence-electron chi connectivity index (χ2n) is 11.4. The number of fused-ring (bicyclic) bond motifs is 1. The Labute approximate surface area is 261 Å². The van der Waals surface area contributed by atoms with Gasteiger partial charge in [0.1, 0.15) is 10.8 Å². The third-order valence-corrected chi connectivity index (χ3v) is 10.8. The first-order valence-corrected chi connectivity index (χ1v) is 16.4. The average molecular weight is 640 g/mol. The first-order valence-electron chi connectivity index (χ1n) is 14.5. The lowest BCUT2D eigenvalue weighted by Crippen LogP contribution is -2.63. The summed E-state index contributed by atoms with van der Waals surface area (Å²) in [5, 5.41) is 8.98. The Bertz CT molecular complexity index is 1720. The van der Waals surface area contributed by atoms with E-state index in [1.165, 1.54) is 19.4 Å². The molecule has 44 heavy (non-hydrogen) atoms. The van der Waals surface area contributed by atoms with E-state index in [4.69, 9.17) is 16.3 Å². The molecule has 0 bridgehead atoms. The lowest BCUT2D eigenvalue weighted by atomic mass is 10.0. The SMILES string of the molecule is COc1cc2c(cc1Nc1ncc(Cl)c(Nc3ccccc3S(=O)(=O)C(C)C)n1)C(=O)N(C1CN(C(=O)C3CCCN3)C1)C2. The molecular weight excluding hydrogens is 606 g/mol. The summed E-state index contributed by atoms with van der Waals surface area (Å²) in [5.41, 5.74) is 2.19. The highest BCUT2D eigenvalue weighted by Gasteiger charge is 2.43. The van der Waals surface area contributed by atoms with Crippen LogP contribution in [0, 0.1) is 0 Å². The molecule has 12 nitrogen and oxygen atoms in total. The molecule has 0 radical (unpaired) electrons. The zero-order chi connectivity index (χ0) is 31.2. The van der Waals surface area contributed by atoms with E-state index in [-0.39, 0.29) is 45.6 Å². The highest BCUT2D eigenvalue weighted by atomic mass is 35.5.